The van der Waals surface area contributed by atoms with E-state index in [0.717, 1.165) is 10.2 Å². The van der Waals surface area contributed by atoms with Crippen molar-refractivity contribution in [1.29, 1.82) is 0 Å². The standard InChI is InChI=1S/C24H25N3O3S/c1-13(2)20(28)18-19(16-8-6-7-11-25-16)27(22(30)21(18)29)23-26-15-10-9-14(24(3,4)5)12-17(15)31-23/h6-13,19,29H,1-5H3. The third kappa shape index (κ3) is 3.63. The summed E-state index contributed by atoms with van der Waals surface area (Å²) in [5, 5.41) is 11.1. The van der Waals surface area contributed by atoms with Crippen LogP contribution >= 0.6 is 11.3 Å². The molecule has 0 fully saturated rings. The number of Topliss-reactive ketones (excluding diaryl/α,β-unsaturated/α-hetero) is 1. The summed E-state index contributed by atoms with van der Waals surface area (Å²) in [6, 6.07) is 10.6. The summed E-state index contributed by atoms with van der Waals surface area (Å²) in [7, 11) is 0. The monoisotopic (exact) mass is 435 g/mol. The van der Waals surface area contributed by atoms with Gasteiger partial charge in [-0.1, -0.05) is 58.1 Å². The number of fused-ring (bicyclic) bond motifs is 1. The van der Waals surface area contributed by atoms with Crippen LogP contribution in [0, 0.1) is 5.92 Å². The van der Waals surface area contributed by atoms with Crippen LogP contribution in [0.1, 0.15) is 51.9 Å². The first-order valence-corrected chi connectivity index (χ1v) is 11.0. The number of hydrogen-bond donors (Lipinski definition) is 1. The Bertz CT molecular complexity index is 1210. The Kier molecular flexibility index (Phi) is 5.17. The van der Waals surface area contributed by atoms with E-state index in [4.69, 9.17) is 0 Å². The molecule has 4 rings (SSSR count). The summed E-state index contributed by atoms with van der Waals surface area (Å²) in [6.07, 6.45) is 1.61. The molecule has 0 radical (unpaired) electrons. The second kappa shape index (κ2) is 7.57. The number of benzene rings is 1. The van der Waals surface area contributed by atoms with E-state index in [1.807, 2.05) is 12.1 Å². The van der Waals surface area contributed by atoms with Gasteiger partial charge in [-0.15, -0.1) is 0 Å². The smallest absolute Gasteiger partial charge is 0.296 e. The number of aliphatic hydroxyl groups excluding tert-OH is 1. The number of hydrogen-bond acceptors (Lipinski definition) is 6. The van der Waals surface area contributed by atoms with E-state index >= 15 is 0 Å². The summed E-state index contributed by atoms with van der Waals surface area (Å²) in [5.74, 6) is -1.81. The lowest BCUT2D eigenvalue weighted by Crippen LogP contribution is -2.31. The quantitative estimate of drug-likeness (QED) is 0.615. The summed E-state index contributed by atoms with van der Waals surface area (Å²) in [6.45, 7) is 9.92. The molecule has 6 nitrogen and oxygen atoms in total. The predicted molar refractivity (Wildman–Crippen MR) is 122 cm³/mol. The molecule has 1 aliphatic rings. The fourth-order valence-electron chi connectivity index (χ4n) is 3.66. The Labute approximate surface area is 185 Å². The number of pyridine rings is 1. The second-order valence-corrected chi connectivity index (χ2v) is 10.1. The van der Waals surface area contributed by atoms with Gasteiger partial charge in [-0.25, -0.2) is 4.98 Å². The van der Waals surface area contributed by atoms with E-state index in [9.17, 15) is 14.7 Å². The van der Waals surface area contributed by atoms with Crippen LogP contribution in [0.2, 0.25) is 0 Å². The molecule has 1 atom stereocenters. The minimum Gasteiger partial charge on any atom is -0.503 e. The average Bonchev–Trinajstić information content (AvgIpc) is 3.25. The van der Waals surface area contributed by atoms with E-state index in [1.54, 1.807) is 38.2 Å². The number of aliphatic hydroxyl groups is 1. The van der Waals surface area contributed by atoms with Crippen molar-refractivity contribution >= 4 is 38.4 Å². The molecular formula is C24H25N3O3S. The van der Waals surface area contributed by atoms with Crippen molar-refractivity contribution in [3.63, 3.8) is 0 Å². The zero-order valence-corrected chi connectivity index (χ0v) is 19.0. The lowest BCUT2D eigenvalue weighted by Gasteiger charge is -2.24. The fraction of sp³-hybridized carbons (Fsp3) is 0.333. The molecule has 7 heteroatoms. The Hall–Kier alpha value is -3.06. The summed E-state index contributed by atoms with van der Waals surface area (Å²) < 4.78 is 0.943. The Morgan fingerprint density at radius 1 is 1.19 bits per heavy atom. The number of nitrogens with zero attached hydrogens (tertiary/aromatic N) is 3. The van der Waals surface area contributed by atoms with Crippen LogP contribution in [0.5, 0.6) is 0 Å². The number of thiazole rings is 1. The molecule has 1 aliphatic heterocycles. The van der Waals surface area contributed by atoms with Crippen molar-refractivity contribution < 1.29 is 14.7 Å². The van der Waals surface area contributed by atoms with Crippen LogP contribution in [-0.2, 0) is 15.0 Å². The Morgan fingerprint density at radius 2 is 1.94 bits per heavy atom. The van der Waals surface area contributed by atoms with Gasteiger partial charge in [0.25, 0.3) is 5.91 Å². The molecule has 1 aromatic carbocycles. The number of carbonyl (C=O) groups is 2. The van der Waals surface area contributed by atoms with E-state index in [2.05, 4.69) is 36.8 Å². The highest BCUT2D eigenvalue weighted by molar-refractivity contribution is 7.22. The fourth-order valence-corrected chi connectivity index (χ4v) is 4.70. The number of aromatic nitrogens is 2. The lowest BCUT2D eigenvalue weighted by atomic mass is 9.87. The predicted octanol–water partition coefficient (Wildman–Crippen LogP) is 5.11. The van der Waals surface area contributed by atoms with Gasteiger partial charge in [0, 0.05) is 12.1 Å². The first kappa shape index (κ1) is 21.2. The number of ketones is 1. The van der Waals surface area contributed by atoms with Crippen LogP contribution < -0.4 is 4.90 Å². The topological polar surface area (TPSA) is 83.4 Å². The lowest BCUT2D eigenvalue weighted by molar-refractivity contribution is -0.119. The van der Waals surface area contributed by atoms with E-state index in [0.29, 0.717) is 10.8 Å². The zero-order valence-electron chi connectivity index (χ0n) is 18.2. The molecule has 3 aromatic rings. The van der Waals surface area contributed by atoms with Crippen molar-refractivity contribution in [3.05, 3.63) is 65.2 Å². The third-order valence-corrected chi connectivity index (χ3v) is 6.43. The maximum Gasteiger partial charge on any atom is 0.296 e. The molecule has 0 saturated heterocycles. The van der Waals surface area contributed by atoms with Gasteiger partial charge >= 0.3 is 0 Å². The van der Waals surface area contributed by atoms with Gasteiger partial charge in [0.05, 0.1) is 21.5 Å². The minimum atomic E-state index is -0.814. The summed E-state index contributed by atoms with van der Waals surface area (Å²) in [5.41, 5.74) is 2.51. The molecule has 0 aliphatic carbocycles. The summed E-state index contributed by atoms with van der Waals surface area (Å²) in [4.78, 5) is 36.5. The zero-order chi connectivity index (χ0) is 22.5. The maximum atomic E-state index is 13.1. The molecule has 0 saturated carbocycles. The molecular weight excluding hydrogens is 410 g/mol. The number of carbonyl (C=O) groups excluding carboxylic acids is 2. The van der Waals surface area contributed by atoms with Crippen molar-refractivity contribution in [2.75, 3.05) is 4.90 Å². The van der Waals surface area contributed by atoms with Gasteiger partial charge in [0.15, 0.2) is 16.7 Å². The van der Waals surface area contributed by atoms with Crippen molar-refractivity contribution in [3.8, 4) is 0 Å². The molecule has 1 unspecified atom stereocenters. The molecule has 2 aromatic heterocycles. The molecule has 1 amide bonds. The molecule has 31 heavy (non-hydrogen) atoms. The normalized spacial score (nSPS) is 17.3. The van der Waals surface area contributed by atoms with E-state index < -0.39 is 17.7 Å². The number of rotatable bonds is 4. The van der Waals surface area contributed by atoms with Crippen molar-refractivity contribution in [1.82, 2.24) is 9.97 Å². The number of anilines is 1. The van der Waals surface area contributed by atoms with E-state index in [1.165, 1.54) is 21.8 Å². The largest absolute Gasteiger partial charge is 0.503 e. The third-order valence-electron chi connectivity index (χ3n) is 5.42. The SMILES string of the molecule is CC(C)C(=O)C1=C(O)C(=O)N(c2nc3ccc(C(C)(C)C)cc3s2)C1c1ccccn1. The first-order chi connectivity index (χ1) is 14.6. The average molecular weight is 436 g/mol. The second-order valence-electron chi connectivity index (χ2n) is 9.04. The van der Waals surface area contributed by atoms with Crippen LogP contribution in [0.4, 0.5) is 5.13 Å². The Balaban J connectivity index is 1.87. The van der Waals surface area contributed by atoms with Gasteiger partial charge < -0.3 is 5.11 Å². The van der Waals surface area contributed by atoms with E-state index in [-0.39, 0.29) is 22.7 Å². The summed E-state index contributed by atoms with van der Waals surface area (Å²) >= 11 is 1.37. The van der Waals surface area contributed by atoms with Gasteiger partial charge in [-0.3, -0.25) is 19.5 Å². The minimum absolute atomic E-state index is 0.0189. The van der Waals surface area contributed by atoms with Crippen LogP contribution in [0.15, 0.2) is 53.9 Å². The molecule has 160 valence electrons. The number of amides is 1. The van der Waals surface area contributed by atoms with Crippen LogP contribution in [0.25, 0.3) is 10.2 Å². The van der Waals surface area contributed by atoms with Gasteiger partial charge in [0.2, 0.25) is 0 Å². The van der Waals surface area contributed by atoms with Crippen LogP contribution in [-0.4, -0.2) is 26.8 Å². The van der Waals surface area contributed by atoms with Crippen molar-refractivity contribution in [2.45, 2.75) is 46.1 Å². The maximum absolute atomic E-state index is 13.1. The highest BCUT2D eigenvalue weighted by Gasteiger charge is 2.46. The molecule has 0 bridgehead atoms. The Morgan fingerprint density at radius 3 is 2.55 bits per heavy atom. The van der Waals surface area contributed by atoms with Crippen molar-refractivity contribution in [2.24, 2.45) is 5.92 Å². The molecule has 3 heterocycles. The molecule has 1 N–H and O–H groups in total. The molecule has 0 spiro atoms. The highest BCUT2D eigenvalue weighted by atomic mass is 32.1. The van der Waals surface area contributed by atoms with Gasteiger partial charge in [-0.05, 0) is 35.2 Å². The first-order valence-electron chi connectivity index (χ1n) is 10.2. The van der Waals surface area contributed by atoms with Crippen LogP contribution in [0.3, 0.4) is 0 Å². The highest BCUT2D eigenvalue weighted by Crippen LogP contribution is 2.43. The van der Waals surface area contributed by atoms with Gasteiger partial charge in [0.1, 0.15) is 6.04 Å². The van der Waals surface area contributed by atoms with Gasteiger partial charge in [-0.2, -0.15) is 0 Å².